The molecular formula is C16H19BrO4. The molecule has 0 spiro atoms. The van der Waals surface area contributed by atoms with E-state index in [4.69, 9.17) is 14.6 Å². The minimum atomic E-state index is -0.980. The van der Waals surface area contributed by atoms with E-state index in [1.165, 1.54) is 18.9 Å². The zero-order valence-corrected chi connectivity index (χ0v) is 13.6. The summed E-state index contributed by atoms with van der Waals surface area (Å²) in [4.78, 5) is 10.6. The summed E-state index contributed by atoms with van der Waals surface area (Å²) in [6.07, 6.45) is 7.44. The molecule has 0 aliphatic heterocycles. The summed E-state index contributed by atoms with van der Waals surface area (Å²) in [5.41, 5.74) is 0.750. The summed E-state index contributed by atoms with van der Waals surface area (Å²) < 4.78 is 12.4. The fraction of sp³-hybridized carbons (Fsp3) is 0.438. The minimum absolute atomic E-state index is 0.247. The van der Waals surface area contributed by atoms with Gasteiger partial charge < -0.3 is 14.6 Å². The third kappa shape index (κ3) is 4.49. The summed E-state index contributed by atoms with van der Waals surface area (Å²) >= 11 is 3.45. The second-order valence-electron chi connectivity index (χ2n) is 4.95. The molecule has 0 atom stereocenters. The molecule has 1 aliphatic carbocycles. The summed E-state index contributed by atoms with van der Waals surface area (Å²) in [5.74, 6) is 0.381. The Hall–Kier alpha value is -1.49. The molecule has 0 radical (unpaired) electrons. The number of carbonyl (C=O) groups is 1. The van der Waals surface area contributed by atoms with Crippen molar-refractivity contribution in [2.75, 3.05) is 6.61 Å². The molecule has 1 N–H and O–H groups in total. The molecule has 0 heterocycles. The van der Waals surface area contributed by atoms with E-state index in [1.54, 1.807) is 6.07 Å². The Labute approximate surface area is 132 Å². The first-order chi connectivity index (χ1) is 10.1. The van der Waals surface area contributed by atoms with Crippen LogP contribution in [-0.4, -0.2) is 23.8 Å². The lowest BCUT2D eigenvalue weighted by Gasteiger charge is -2.17. The van der Waals surface area contributed by atoms with Gasteiger partial charge >= 0.3 is 5.97 Å². The van der Waals surface area contributed by atoms with E-state index in [1.807, 2.05) is 13.0 Å². The number of carboxylic acids is 1. The van der Waals surface area contributed by atoms with Gasteiger partial charge in [-0.2, -0.15) is 0 Å². The highest BCUT2D eigenvalue weighted by Gasteiger charge is 2.19. The lowest BCUT2D eigenvalue weighted by Crippen LogP contribution is -2.12. The second-order valence-corrected chi connectivity index (χ2v) is 5.80. The van der Waals surface area contributed by atoms with E-state index < -0.39 is 5.97 Å². The molecule has 1 aromatic rings. The highest BCUT2D eigenvalue weighted by molar-refractivity contribution is 9.10. The molecule has 1 aromatic carbocycles. The van der Waals surface area contributed by atoms with Crippen molar-refractivity contribution in [3.8, 4) is 11.5 Å². The van der Waals surface area contributed by atoms with Crippen LogP contribution in [0.15, 0.2) is 22.7 Å². The van der Waals surface area contributed by atoms with E-state index >= 15 is 0 Å². The van der Waals surface area contributed by atoms with Crippen molar-refractivity contribution >= 4 is 28.0 Å². The van der Waals surface area contributed by atoms with Gasteiger partial charge in [0.25, 0.3) is 0 Å². The summed E-state index contributed by atoms with van der Waals surface area (Å²) in [6, 6.07) is 3.65. The maximum atomic E-state index is 10.6. The molecule has 21 heavy (non-hydrogen) atoms. The average Bonchev–Trinajstić information content (AvgIpc) is 2.93. The van der Waals surface area contributed by atoms with Crippen molar-refractivity contribution in [2.24, 2.45) is 0 Å². The summed E-state index contributed by atoms with van der Waals surface area (Å²) in [5, 5.41) is 8.72. The molecule has 1 fully saturated rings. The fourth-order valence-electron chi connectivity index (χ4n) is 2.39. The van der Waals surface area contributed by atoms with Crippen LogP contribution in [0.25, 0.3) is 6.08 Å². The standard InChI is InChI=1S/C16H19BrO4/c1-2-20-14-9-11(7-8-16(18)19)13(17)10-15(14)21-12-5-3-4-6-12/h7-10,12H,2-6H2,1H3,(H,18,19). The summed E-state index contributed by atoms with van der Waals surface area (Å²) in [6.45, 7) is 2.44. The Morgan fingerprint density at radius 2 is 2.10 bits per heavy atom. The van der Waals surface area contributed by atoms with E-state index in [-0.39, 0.29) is 6.10 Å². The van der Waals surface area contributed by atoms with Gasteiger partial charge in [0.2, 0.25) is 0 Å². The van der Waals surface area contributed by atoms with Crippen LogP contribution in [0.1, 0.15) is 38.2 Å². The van der Waals surface area contributed by atoms with E-state index in [9.17, 15) is 4.79 Å². The summed E-state index contributed by atoms with van der Waals surface area (Å²) in [7, 11) is 0. The van der Waals surface area contributed by atoms with Gasteiger partial charge in [-0.3, -0.25) is 0 Å². The van der Waals surface area contributed by atoms with Crippen molar-refractivity contribution < 1.29 is 19.4 Å². The molecule has 1 aliphatic rings. The first-order valence-corrected chi connectivity index (χ1v) is 7.93. The third-order valence-electron chi connectivity index (χ3n) is 3.36. The molecule has 0 aromatic heterocycles. The Bertz CT molecular complexity index is 533. The molecule has 0 amide bonds. The van der Waals surface area contributed by atoms with E-state index in [0.717, 1.165) is 29.0 Å². The van der Waals surface area contributed by atoms with Crippen molar-refractivity contribution in [1.82, 2.24) is 0 Å². The van der Waals surface area contributed by atoms with Gasteiger partial charge in [0, 0.05) is 10.5 Å². The highest BCUT2D eigenvalue weighted by Crippen LogP contribution is 2.36. The fourth-order valence-corrected chi connectivity index (χ4v) is 2.84. The molecule has 2 rings (SSSR count). The largest absolute Gasteiger partial charge is 0.490 e. The first kappa shape index (κ1) is 15.9. The smallest absolute Gasteiger partial charge is 0.328 e. The highest BCUT2D eigenvalue weighted by atomic mass is 79.9. The average molecular weight is 355 g/mol. The van der Waals surface area contributed by atoms with Crippen molar-refractivity contribution in [3.63, 3.8) is 0 Å². The van der Waals surface area contributed by atoms with Crippen molar-refractivity contribution in [1.29, 1.82) is 0 Å². The second kappa shape index (κ2) is 7.50. The Balaban J connectivity index is 2.26. The number of benzene rings is 1. The van der Waals surface area contributed by atoms with Crippen LogP contribution in [0.2, 0.25) is 0 Å². The molecular weight excluding hydrogens is 336 g/mol. The number of hydrogen-bond acceptors (Lipinski definition) is 3. The monoisotopic (exact) mass is 354 g/mol. The van der Waals surface area contributed by atoms with Gasteiger partial charge in [-0.1, -0.05) is 15.9 Å². The van der Waals surface area contributed by atoms with Crippen LogP contribution < -0.4 is 9.47 Å². The number of rotatable bonds is 6. The maximum Gasteiger partial charge on any atom is 0.328 e. The number of carboxylic acid groups (broad SMARTS) is 1. The Morgan fingerprint density at radius 1 is 1.38 bits per heavy atom. The number of ether oxygens (including phenoxy) is 2. The topological polar surface area (TPSA) is 55.8 Å². The van der Waals surface area contributed by atoms with Crippen LogP contribution in [0.4, 0.5) is 0 Å². The normalized spacial score (nSPS) is 15.5. The molecule has 4 nitrogen and oxygen atoms in total. The van der Waals surface area contributed by atoms with Crippen LogP contribution in [0.5, 0.6) is 11.5 Å². The molecule has 0 unspecified atom stereocenters. The van der Waals surface area contributed by atoms with Crippen molar-refractivity contribution in [3.05, 3.63) is 28.2 Å². The maximum absolute atomic E-state index is 10.6. The lowest BCUT2D eigenvalue weighted by molar-refractivity contribution is -0.131. The van der Waals surface area contributed by atoms with Gasteiger partial charge in [0.15, 0.2) is 11.5 Å². The zero-order valence-electron chi connectivity index (χ0n) is 12.0. The van der Waals surface area contributed by atoms with Gasteiger partial charge in [-0.25, -0.2) is 4.79 Å². The van der Waals surface area contributed by atoms with Gasteiger partial charge in [-0.05, 0) is 56.4 Å². The van der Waals surface area contributed by atoms with E-state index in [2.05, 4.69) is 15.9 Å². The molecule has 1 saturated carbocycles. The van der Waals surface area contributed by atoms with Gasteiger partial charge in [-0.15, -0.1) is 0 Å². The van der Waals surface area contributed by atoms with Crippen LogP contribution in [0.3, 0.4) is 0 Å². The molecule has 5 heteroatoms. The van der Waals surface area contributed by atoms with Crippen LogP contribution in [0, 0.1) is 0 Å². The molecule has 0 bridgehead atoms. The van der Waals surface area contributed by atoms with Gasteiger partial charge in [0.05, 0.1) is 12.7 Å². The van der Waals surface area contributed by atoms with E-state index in [0.29, 0.717) is 18.1 Å². The Morgan fingerprint density at radius 3 is 2.71 bits per heavy atom. The third-order valence-corrected chi connectivity index (χ3v) is 4.05. The first-order valence-electron chi connectivity index (χ1n) is 7.14. The van der Waals surface area contributed by atoms with Gasteiger partial charge in [0.1, 0.15) is 0 Å². The Kier molecular flexibility index (Phi) is 5.67. The zero-order chi connectivity index (χ0) is 15.2. The minimum Gasteiger partial charge on any atom is -0.490 e. The SMILES string of the molecule is CCOc1cc(C=CC(=O)O)c(Br)cc1OC1CCCC1. The molecule has 0 saturated heterocycles. The number of aliphatic carboxylic acids is 1. The quantitative estimate of drug-likeness (QED) is 0.775. The lowest BCUT2D eigenvalue weighted by atomic mass is 10.2. The number of halogens is 1. The van der Waals surface area contributed by atoms with Crippen molar-refractivity contribution in [2.45, 2.75) is 38.7 Å². The van der Waals surface area contributed by atoms with Crippen LogP contribution >= 0.6 is 15.9 Å². The molecule has 114 valence electrons. The predicted molar refractivity (Wildman–Crippen MR) is 84.9 cm³/mol. The van der Waals surface area contributed by atoms with Crippen LogP contribution in [-0.2, 0) is 4.79 Å². The predicted octanol–water partition coefficient (Wildman–Crippen LogP) is 4.27. The number of hydrogen-bond donors (Lipinski definition) is 1.